The minimum absolute atomic E-state index is 0.0911. The van der Waals surface area contributed by atoms with E-state index >= 15 is 0 Å². The van der Waals surface area contributed by atoms with Crippen molar-refractivity contribution < 1.29 is 14.0 Å². The molecule has 2 aromatic carbocycles. The van der Waals surface area contributed by atoms with Crippen LogP contribution in [0, 0.1) is 12.7 Å². The first kappa shape index (κ1) is 21.5. The Balaban J connectivity index is 1.64. The number of benzene rings is 2. The third-order valence-corrected chi connectivity index (χ3v) is 5.61. The van der Waals surface area contributed by atoms with Gasteiger partial charge in [-0.15, -0.1) is 0 Å². The van der Waals surface area contributed by atoms with Gasteiger partial charge in [0, 0.05) is 36.7 Å². The van der Waals surface area contributed by atoms with Crippen LogP contribution in [0.3, 0.4) is 0 Å². The number of aromatic nitrogens is 2. The highest BCUT2D eigenvalue weighted by Crippen LogP contribution is 2.37. The van der Waals surface area contributed by atoms with E-state index < -0.39 is 5.82 Å². The van der Waals surface area contributed by atoms with Crippen molar-refractivity contribution in [1.82, 2.24) is 15.1 Å². The lowest BCUT2D eigenvalue weighted by Crippen LogP contribution is -2.30. The molecule has 4 rings (SSSR count). The summed E-state index contributed by atoms with van der Waals surface area (Å²) in [5.74, 6) is -0.124. The number of anilines is 3. The Morgan fingerprint density at radius 1 is 1.22 bits per heavy atom. The molecule has 0 unspecified atom stereocenters. The van der Waals surface area contributed by atoms with Gasteiger partial charge in [0.1, 0.15) is 11.6 Å². The number of aryl methyl sites for hydroxylation is 2. The van der Waals surface area contributed by atoms with Crippen molar-refractivity contribution in [3.8, 4) is 0 Å². The summed E-state index contributed by atoms with van der Waals surface area (Å²) < 4.78 is 16.5. The molecule has 1 aliphatic rings. The molecular weight excluding hydrogens is 409 g/mol. The molecule has 0 aliphatic carbocycles. The van der Waals surface area contributed by atoms with E-state index in [9.17, 15) is 14.0 Å². The van der Waals surface area contributed by atoms with Gasteiger partial charge in [-0.3, -0.25) is 14.3 Å². The van der Waals surface area contributed by atoms with Gasteiger partial charge in [0.25, 0.3) is 5.91 Å². The second-order valence-electron chi connectivity index (χ2n) is 7.90. The molecule has 0 bridgehead atoms. The topological polar surface area (TPSA) is 79.3 Å². The summed E-state index contributed by atoms with van der Waals surface area (Å²) in [7, 11) is 1.85. The monoisotopic (exact) mass is 435 g/mol. The van der Waals surface area contributed by atoms with Crippen molar-refractivity contribution >= 4 is 29.0 Å². The molecule has 166 valence electrons. The number of hydrogen-bond donors (Lipinski definition) is 2. The Morgan fingerprint density at radius 2 is 2.00 bits per heavy atom. The normalized spacial score (nSPS) is 12.4. The number of fused-ring (bicyclic) bond motifs is 2. The Hall–Kier alpha value is -3.68. The molecule has 8 heteroatoms. The van der Waals surface area contributed by atoms with E-state index in [1.54, 1.807) is 21.7 Å². The number of rotatable bonds is 5. The lowest BCUT2D eigenvalue weighted by atomic mass is 10.1. The standard InChI is InChI=1S/C24H26FN5O2/c1-4-7-22(31)26-13-17-11-10-16(12-19(17)25)24(32)30-14-18-15(2)28-29(3)23(18)27-20-8-5-6-9-21(20)30/h5-6,8-12,27H,4,7,13-14H2,1-3H3,(H,26,31). The number of nitrogens with one attached hydrogen (secondary N) is 2. The van der Waals surface area contributed by atoms with Crippen LogP contribution in [0.25, 0.3) is 0 Å². The van der Waals surface area contributed by atoms with Crippen molar-refractivity contribution in [2.45, 2.75) is 39.8 Å². The van der Waals surface area contributed by atoms with Gasteiger partial charge in [0.15, 0.2) is 0 Å². The van der Waals surface area contributed by atoms with Crippen molar-refractivity contribution in [3.05, 3.63) is 70.7 Å². The van der Waals surface area contributed by atoms with Crippen LogP contribution in [0.15, 0.2) is 42.5 Å². The van der Waals surface area contributed by atoms with E-state index in [4.69, 9.17) is 0 Å². The van der Waals surface area contributed by atoms with E-state index in [1.165, 1.54) is 6.07 Å². The largest absolute Gasteiger partial charge is 0.352 e. The highest BCUT2D eigenvalue weighted by atomic mass is 19.1. The summed E-state index contributed by atoms with van der Waals surface area (Å²) in [5.41, 5.74) is 3.81. The molecule has 1 aliphatic heterocycles. The fourth-order valence-electron chi connectivity index (χ4n) is 3.90. The first-order chi connectivity index (χ1) is 15.4. The third kappa shape index (κ3) is 4.08. The summed E-state index contributed by atoms with van der Waals surface area (Å²) in [4.78, 5) is 26.8. The van der Waals surface area contributed by atoms with Gasteiger partial charge in [-0.05, 0) is 37.6 Å². The predicted octanol–water partition coefficient (Wildman–Crippen LogP) is 4.19. The van der Waals surface area contributed by atoms with Gasteiger partial charge in [0.2, 0.25) is 5.91 Å². The van der Waals surface area contributed by atoms with Gasteiger partial charge >= 0.3 is 0 Å². The fourth-order valence-corrected chi connectivity index (χ4v) is 3.90. The third-order valence-electron chi connectivity index (χ3n) is 5.61. The van der Waals surface area contributed by atoms with Crippen LogP contribution < -0.4 is 15.5 Å². The van der Waals surface area contributed by atoms with Gasteiger partial charge in [-0.1, -0.05) is 25.1 Å². The molecule has 0 saturated heterocycles. The Kier molecular flexibility index (Phi) is 5.94. The van der Waals surface area contributed by atoms with Gasteiger partial charge in [-0.2, -0.15) is 5.10 Å². The second kappa shape index (κ2) is 8.82. The highest BCUT2D eigenvalue weighted by Gasteiger charge is 2.28. The van der Waals surface area contributed by atoms with E-state index in [2.05, 4.69) is 15.7 Å². The van der Waals surface area contributed by atoms with Crippen LogP contribution in [-0.4, -0.2) is 21.6 Å². The van der Waals surface area contributed by atoms with Gasteiger partial charge in [0.05, 0.1) is 23.6 Å². The van der Waals surface area contributed by atoms with Crippen LogP contribution in [-0.2, 0) is 24.9 Å². The van der Waals surface area contributed by atoms with E-state index in [-0.39, 0.29) is 23.9 Å². The average molecular weight is 436 g/mol. The van der Waals surface area contributed by atoms with E-state index in [1.807, 2.05) is 45.2 Å². The van der Waals surface area contributed by atoms with Crippen LogP contribution in [0.1, 0.15) is 46.9 Å². The molecule has 3 aromatic rings. The maximum atomic E-state index is 14.7. The first-order valence-corrected chi connectivity index (χ1v) is 10.6. The van der Waals surface area contributed by atoms with Crippen molar-refractivity contribution in [2.75, 3.05) is 10.2 Å². The summed E-state index contributed by atoms with van der Waals surface area (Å²) in [6.07, 6.45) is 1.13. The average Bonchev–Trinajstić information content (AvgIpc) is 2.94. The Bertz CT molecular complexity index is 1190. The molecular formula is C24H26FN5O2. The van der Waals surface area contributed by atoms with Crippen molar-refractivity contribution in [3.63, 3.8) is 0 Å². The minimum Gasteiger partial charge on any atom is -0.352 e. The van der Waals surface area contributed by atoms with Crippen LogP contribution >= 0.6 is 0 Å². The van der Waals surface area contributed by atoms with Crippen LogP contribution in [0.5, 0.6) is 0 Å². The zero-order valence-corrected chi connectivity index (χ0v) is 18.4. The molecule has 0 atom stereocenters. The summed E-state index contributed by atoms with van der Waals surface area (Å²) in [6.45, 7) is 4.22. The zero-order valence-electron chi connectivity index (χ0n) is 18.4. The first-order valence-electron chi connectivity index (χ1n) is 10.6. The number of hydrogen-bond acceptors (Lipinski definition) is 4. The van der Waals surface area contributed by atoms with Gasteiger partial charge < -0.3 is 15.5 Å². The maximum Gasteiger partial charge on any atom is 0.258 e. The lowest BCUT2D eigenvalue weighted by molar-refractivity contribution is -0.121. The molecule has 0 saturated carbocycles. The summed E-state index contributed by atoms with van der Waals surface area (Å²) >= 11 is 0. The summed E-state index contributed by atoms with van der Waals surface area (Å²) in [5, 5.41) is 10.5. The molecule has 2 N–H and O–H groups in total. The zero-order chi connectivity index (χ0) is 22.8. The number of halogens is 1. The maximum absolute atomic E-state index is 14.7. The van der Waals surface area contributed by atoms with Crippen molar-refractivity contribution in [2.24, 2.45) is 7.05 Å². The number of amides is 2. The smallest absolute Gasteiger partial charge is 0.258 e. The molecule has 1 aromatic heterocycles. The molecule has 0 radical (unpaired) electrons. The number of nitrogens with zero attached hydrogens (tertiary/aromatic N) is 3. The SMILES string of the molecule is CCCC(=O)NCc1ccc(C(=O)N2Cc3c(C)nn(C)c3Nc3ccccc32)cc1F. The highest BCUT2D eigenvalue weighted by molar-refractivity contribution is 6.08. The molecule has 0 spiro atoms. The Morgan fingerprint density at radius 3 is 2.75 bits per heavy atom. The fraction of sp³-hybridized carbons (Fsp3) is 0.292. The molecule has 0 fully saturated rings. The van der Waals surface area contributed by atoms with Crippen LogP contribution in [0.2, 0.25) is 0 Å². The van der Waals surface area contributed by atoms with Crippen LogP contribution in [0.4, 0.5) is 21.6 Å². The van der Waals surface area contributed by atoms with E-state index in [0.717, 1.165) is 29.2 Å². The number of carbonyl (C=O) groups excluding carboxylic acids is 2. The van der Waals surface area contributed by atoms with E-state index in [0.29, 0.717) is 24.2 Å². The summed E-state index contributed by atoms with van der Waals surface area (Å²) in [6, 6.07) is 11.9. The molecule has 7 nitrogen and oxygen atoms in total. The van der Waals surface area contributed by atoms with Crippen molar-refractivity contribution in [1.29, 1.82) is 0 Å². The quantitative estimate of drug-likeness (QED) is 0.630. The lowest BCUT2D eigenvalue weighted by Gasteiger charge is -2.23. The minimum atomic E-state index is -0.521. The number of carbonyl (C=O) groups is 2. The number of para-hydroxylation sites is 2. The second-order valence-corrected chi connectivity index (χ2v) is 7.90. The Labute approximate surface area is 186 Å². The molecule has 2 amide bonds. The predicted molar refractivity (Wildman–Crippen MR) is 121 cm³/mol. The molecule has 32 heavy (non-hydrogen) atoms. The van der Waals surface area contributed by atoms with Gasteiger partial charge in [-0.25, -0.2) is 4.39 Å². The molecule has 2 heterocycles.